The Morgan fingerprint density at radius 3 is 2.62 bits per heavy atom. The fraction of sp³-hybridized carbons (Fsp3) is 0.435. The van der Waals surface area contributed by atoms with Crippen molar-refractivity contribution in [2.24, 2.45) is 5.10 Å². The van der Waals surface area contributed by atoms with Gasteiger partial charge in [-0.15, -0.1) is 0 Å². The maximum atomic E-state index is 6.74. The molecule has 29 heavy (non-hydrogen) atoms. The van der Waals surface area contributed by atoms with Crippen molar-refractivity contribution in [3.63, 3.8) is 0 Å². The lowest BCUT2D eigenvalue weighted by molar-refractivity contribution is -0.150. The van der Waals surface area contributed by atoms with Crippen molar-refractivity contribution in [2.75, 3.05) is 26.7 Å². The lowest BCUT2D eigenvalue weighted by Crippen LogP contribution is -2.59. The predicted molar refractivity (Wildman–Crippen MR) is 115 cm³/mol. The van der Waals surface area contributed by atoms with Crippen molar-refractivity contribution in [1.82, 2.24) is 9.91 Å². The van der Waals surface area contributed by atoms with E-state index < -0.39 is 5.72 Å². The van der Waals surface area contributed by atoms with Gasteiger partial charge in [0.05, 0.1) is 18.9 Å². The van der Waals surface area contributed by atoms with Crippen molar-refractivity contribution in [2.45, 2.75) is 38.0 Å². The first-order valence-corrected chi connectivity index (χ1v) is 10.7. The molecule has 5 nitrogen and oxygen atoms in total. The van der Waals surface area contributed by atoms with Gasteiger partial charge in [-0.2, -0.15) is 5.10 Å². The highest BCUT2D eigenvalue weighted by Gasteiger charge is 2.52. The van der Waals surface area contributed by atoms with Crippen LogP contribution in [-0.2, 0) is 0 Å². The maximum absolute atomic E-state index is 6.74. The van der Waals surface area contributed by atoms with Crippen molar-refractivity contribution in [3.8, 4) is 11.5 Å². The smallest absolute Gasteiger partial charge is 0.200 e. The van der Waals surface area contributed by atoms with Crippen molar-refractivity contribution in [1.29, 1.82) is 0 Å². The van der Waals surface area contributed by atoms with E-state index in [2.05, 4.69) is 35.0 Å². The molecule has 0 unspecified atom stereocenters. The molecule has 2 aromatic carbocycles. The SMILES string of the molecule is CCN1CCC2(CC1)Oc1c(OC)cccc1[C@H]1CC(c3ccc(Cl)cc3)=NN12. The molecule has 0 N–H and O–H groups in total. The zero-order valence-electron chi connectivity index (χ0n) is 16.9. The number of fused-ring (bicyclic) bond motifs is 4. The topological polar surface area (TPSA) is 37.3 Å². The summed E-state index contributed by atoms with van der Waals surface area (Å²) in [6.07, 6.45) is 2.70. The molecule has 2 aromatic rings. The van der Waals surface area contributed by atoms with Crippen LogP contribution in [0.25, 0.3) is 0 Å². The Morgan fingerprint density at radius 1 is 1.17 bits per heavy atom. The Labute approximate surface area is 176 Å². The molecule has 6 heteroatoms. The van der Waals surface area contributed by atoms with E-state index in [0.717, 1.165) is 72.3 Å². The molecule has 1 atom stereocenters. The highest BCUT2D eigenvalue weighted by Crippen LogP contribution is 2.52. The summed E-state index contributed by atoms with van der Waals surface area (Å²) in [5, 5.41) is 8.10. The predicted octanol–water partition coefficient (Wildman–Crippen LogP) is 4.70. The van der Waals surface area contributed by atoms with Gasteiger partial charge in [0.1, 0.15) is 0 Å². The highest BCUT2D eigenvalue weighted by atomic mass is 35.5. The zero-order chi connectivity index (χ0) is 20.0. The van der Waals surface area contributed by atoms with Gasteiger partial charge in [0.15, 0.2) is 11.5 Å². The van der Waals surface area contributed by atoms with Gasteiger partial charge < -0.3 is 14.4 Å². The largest absolute Gasteiger partial charge is 0.493 e. The first-order valence-electron chi connectivity index (χ1n) is 10.3. The maximum Gasteiger partial charge on any atom is 0.200 e. The van der Waals surface area contributed by atoms with Crippen LogP contribution >= 0.6 is 11.6 Å². The van der Waals surface area contributed by atoms with Gasteiger partial charge in [-0.3, -0.25) is 0 Å². The van der Waals surface area contributed by atoms with Crippen molar-refractivity contribution in [3.05, 3.63) is 58.6 Å². The van der Waals surface area contributed by atoms with Crippen molar-refractivity contribution < 1.29 is 9.47 Å². The molecule has 3 aliphatic rings. The molecule has 1 spiro atoms. The number of ether oxygens (including phenoxy) is 2. The Bertz CT molecular complexity index is 936. The lowest BCUT2D eigenvalue weighted by atomic mass is 9.90. The molecule has 0 aromatic heterocycles. The third-order valence-corrected chi connectivity index (χ3v) is 6.72. The van der Waals surface area contributed by atoms with Crippen LogP contribution in [-0.4, -0.2) is 48.1 Å². The van der Waals surface area contributed by atoms with Gasteiger partial charge in [0.25, 0.3) is 0 Å². The molecule has 0 saturated carbocycles. The average molecular weight is 412 g/mol. The van der Waals surface area contributed by atoms with Crippen LogP contribution in [0.2, 0.25) is 5.02 Å². The van der Waals surface area contributed by atoms with Crippen LogP contribution in [0, 0.1) is 0 Å². The number of methoxy groups -OCH3 is 1. The molecule has 1 saturated heterocycles. The van der Waals surface area contributed by atoms with E-state index in [0.29, 0.717) is 0 Å². The van der Waals surface area contributed by atoms with Crippen LogP contribution in [0.4, 0.5) is 0 Å². The quantitative estimate of drug-likeness (QED) is 0.733. The molecule has 3 heterocycles. The highest BCUT2D eigenvalue weighted by molar-refractivity contribution is 6.30. The molecule has 0 radical (unpaired) electrons. The number of likely N-dealkylation sites (tertiary alicyclic amines) is 1. The van der Waals surface area contributed by atoms with Crippen LogP contribution in [0.1, 0.15) is 43.4 Å². The summed E-state index contributed by atoms with van der Waals surface area (Å²) >= 11 is 6.10. The van der Waals surface area contributed by atoms with E-state index in [9.17, 15) is 0 Å². The monoisotopic (exact) mass is 411 g/mol. The third-order valence-electron chi connectivity index (χ3n) is 6.47. The summed E-state index contributed by atoms with van der Waals surface area (Å²) in [5.74, 6) is 1.69. The number of hydrogen-bond donors (Lipinski definition) is 0. The number of hydrazone groups is 1. The Balaban J connectivity index is 1.57. The summed E-state index contributed by atoms with van der Waals surface area (Å²) in [6, 6.07) is 14.3. The molecular weight excluding hydrogens is 386 g/mol. The molecular formula is C23H26ClN3O2. The number of rotatable bonds is 3. The van der Waals surface area contributed by atoms with Gasteiger partial charge in [-0.1, -0.05) is 42.8 Å². The Hall–Kier alpha value is -2.24. The van der Waals surface area contributed by atoms with Crippen LogP contribution in [0.3, 0.4) is 0 Å². The number of nitrogens with zero attached hydrogens (tertiary/aromatic N) is 3. The van der Waals surface area contributed by atoms with Crippen molar-refractivity contribution >= 4 is 17.3 Å². The van der Waals surface area contributed by atoms with Gasteiger partial charge >= 0.3 is 0 Å². The third kappa shape index (κ3) is 3.08. The fourth-order valence-electron chi connectivity index (χ4n) is 4.80. The molecule has 152 valence electrons. The van der Waals surface area contributed by atoms with E-state index >= 15 is 0 Å². The van der Waals surface area contributed by atoms with E-state index in [1.807, 2.05) is 24.3 Å². The van der Waals surface area contributed by atoms with Gasteiger partial charge in [0, 0.05) is 42.9 Å². The second-order valence-electron chi connectivity index (χ2n) is 7.98. The normalized spacial score (nSPS) is 22.7. The number of benzene rings is 2. The summed E-state index contributed by atoms with van der Waals surface area (Å²) < 4.78 is 12.4. The number of para-hydroxylation sites is 1. The summed E-state index contributed by atoms with van der Waals surface area (Å²) in [4.78, 5) is 2.47. The van der Waals surface area contributed by atoms with E-state index in [-0.39, 0.29) is 6.04 Å². The second kappa shape index (κ2) is 7.22. The molecule has 0 amide bonds. The van der Waals surface area contributed by atoms with Gasteiger partial charge in [0.2, 0.25) is 5.72 Å². The average Bonchev–Trinajstić information content (AvgIpc) is 3.21. The number of piperidine rings is 1. The van der Waals surface area contributed by atoms with Gasteiger partial charge in [-0.25, -0.2) is 5.01 Å². The van der Waals surface area contributed by atoms with E-state index in [4.69, 9.17) is 26.2 Å². The van der Waals surface area contributed by atoms with E-state index in [1.54, 1.807) is 7.11 Å². The van der Waals surface area contributed by atoms with Crippen LogP contribution < -0.4 is 9.47 Å². The standard InChI is InChI=1S/C23H26ClN3O2/c1-3-26-13-11-23(12-14-26)27-20(18-5-4-6-21(28-2)22(18)29-23)15-19(25-27)16-7-9-17(24)10-8-16/h4-10,20H,3,11-15H2,1-2H3/t20-/m1/s1. The minimum absolute atomic E-state index is 0.160. The van der Waals surface area contributed by atoms with E-state index in [1.165, 1.54) is 0 Å². The summed E-state index contributed by atoms with van der Waals surface area (Å²) in [7, 11) is 1.71. The van der Waals surface area contributed by atoms with Crippen LogP contribution in [0.15, 0.2) is 47.6 Å². The first kappa shape index (κ1) is 18.8. The minimum Gasteiger partial charge on any atom is -0.493 e. The molecule has 0 bridgehead atoms. The van der Waals surface area contributed by atoms with Gasteiger partial charge in [-0.05, 0) is 30.3 Å². The molecule has 1 fully saturated rings. The Kier molecular flexibility index (Phi) is 4.67. The lowest BCUT2D eigenvalue weighted by Gasteiger charge is -2.51. The number of halogens is 1. The second-order valence-corrected chi connectivity index (χ2v) is 8.42. The minimum atomic E-state index is -0.424. The summed E-state index contributed by atoms with van der Waals surface area (Å²) in [5.41, 5.74) is 2.94. The zero-order valence-corrected chi connectivity index (χ0v) is 17.7. The van der Waals surface area contributed by atoms with Crippen LogP contribution in [0.5, 0.6) is 11.5 Å². The molecule has 3 aliphatic heterocycles. The molecule has 5 rings (SSSR count). The Morgan fingerprint density at radius 2 is 1.93 bits per heavy atom. The number of hydrogen-bond acceptors (Lipinski definition) is 5. The summed E-state index contributed by atoms with van der Waals surface area (Å²) in [6.45, 7) is 5.30. The molecule has 0 aliphatic carbocycles. The fourth-order valence-corrected chi connectivity index (χ4v) is 4.92. The first-order chi connectivity index (χ1) is 14.1.